The first-order chi connectivity index (χ1) is 13.6. The molecule has 0 bridgehead atoms. The van der Waals surface area contributed by atoms with Crippen LogP contribution in [0.4, 0.5) is 4.79 Å². The topological polar surface area (TPSA) is 66.5 Å². The average molecular weight is 390 g/mol. The highest BCUT2D eigenvalue weighted by atomic mass is 32.1. The summed E-state index contributed by atoms with van der Waals surface area (Å²) in [5.41, 5.74) is 0.386. The third-order valence-corrected chi connectivity index (χ3v) is 6.69. The Bertz CT molecular complexity index is 1140. The highest BCUT2D eigenvalue weighted by molar-refractivity contribution is 7.10. The van der Waals surface area contributed by atoms with Gasteiger partial charge in [0.25, 0.3) is 5.91 Å². The van der Waals surface area contributed by atoms with Crippen molar-refractivity contribution >= 4 is 39.8 Å². The molecule has 1 aliphatic heterocycles. The number of amides is 3. The minimum atomic E-state index is -1.01. The van der Waals surface area contributed by atoms with Gasteiger partial charge in [-0.2, -0.15) is 0 Å². The van der Waals surface area contributed by atoms with Gasteiger partial charge in [0.15, 0.2) is 5.78 Å². The molecule has 3 aromatic rings. The van der Waals surface area contributed by atoms with Gasteiger partial charge in [0, 0.05) is 16.0 Å². The molecule has 140 valence electrons. The van der Waals surface area contributed by atoms with Gasteiger partial charge in [-0.15, -0.1) is 11.3 Å². The molecule has 1 aliphatic carbocycles. The summed E-state index contributed by atoms with van der Waals surface area (Å²) in [7, 11) is 0. The second-order valence-electron chi connectivity index (χ2n) is 7.32. The van der Waals surface area contributed by atoms with Crippen LogP contribution in [0, 0.1) is 0 Å². The van der Waals surface area contributed by atoms with Crippen LogP contribution in [0.25, 0.3) is 10.8 Å². The fraction of sp³-hybridized carbons (Fsp3) is 0.227. The number of imide groups is 1. The normalized spacial score (nSPS) is 21.2. The molecule has 1 aromatic heterocycles. The lowest BCUT2D eigenvalue weighted by molar-refractivity contribution is -0.131. The van der Waals surface area contributed by atoms with Crippen LogP contribution in [-0.2, 0) is 16.8 Å². The minimum Gasteiger partial charge on any atom is -0.319 e. The van der Waals surface area contributed by atoms with E-state index in [1.165, 1.54) is 0 Å². The van der Waals surface area contributed by atoms with E-state index in [4.69, 9.17) is 0 Å². The van der Waals surface area contributed by atoms with Crippen molar-refractivity contribution in [1.82, 2.24) is 10.2 Å². The number of nitrogens with zero attached hydrogens (tertiary/aromatic N) is 1. The molecule has 5 rings (SSSR count). The van der Waals surface area contributed by atoms with Gasteiger partial charge in [0.05, 0.1) is 6.54 Å². The van der Waals surface area contributed by atoms with Crippen molar-refractivity contribution in [3.8, 4) is 0 Å². The zero-order valence-corrected chi connectivity index (χ0v) is 15.9. The molecule has 28 heavy (non-hydrogen) atoms. The molecule has 6 heteroatoms. The summed E-state index contributed by atoms with van der Waals surface area (Å²) in [4.78, 5) is 40.9. The lowest BCUT2D eigenvalue weighted by atomic mass is 9.80. The van der Waals surface area contributed by atoms with Crippen LogP contribution in [0.2, 0.25) is 0 Å². The monoisotopic (exact) mass is 390 g/mol. The van der Waals surface area contributed by atoms with E-state index >= 15 is 0 Å². The van der Waals surface area contributed by atoms with Crippen molar-refractivity contribution in [1.29, 1.82) is 0 Å². The van der Waals surface area contributed by atoms with Crippen LogP contribution < -0.4 is 5.32 Å². The summed E-state index contributed by atoms with van der Waals surface area (Å²) in [6, 6.07) is 14.7. The molecule has 1 atom stereocenters. The van der Waals surface area contributed by atoms with Gasteiger partial charge in [-0.3, -0.25) is 14.5 Å². The van der Waals surface area contributed by atoms with Crippen molar-refractivity contribution < 1.29 is 14.4 Å². The molecule has 1 spiro atoms. The van der Waals surface area contributed by atoms with Crippen LogP contribution in [-0.4, -0.2) is 29.2 Å². The standard InChI is InChI=1S/C22H18N2O3S/c25-18(16-8-7-14-4-1-2-5-15(14)12-16)13-24-20(26)22(23-21(24)27)10-3-6-19-17(22)9-11-28-19/h1-2,4-5,7-9,11-12H,3,6,10,13H2,(H,23,27)/t22-/m1/s1. The Morgan fingerprint density at radius 1 is 1.11 bits per heavy atom. The summed E-state index contributed by atoms with van der Waals surface area (Å²) in [6.07, 6.45) is 2.34. The number of hydrogen-bond donors (Lipinski definition) is 1. The second-order valence-corrected chi connectivity index (χ2v) is 8.32. The molecule has 3 amide bonds. The van der Waals surface area contributed by atoms with Crippen molar-refractivity contribution in [3.05, 3.63) is 69.9 Å². The smallest absolute Gasteiger partial charge is 0.319 e. The number of nitrogens with one attached hydrogen (secondary N) is 1. The van der Waals surface area contributed by atoms with Gasteiger partial charge in [-0.05, 0) is 47.5 Å². The minimum absolute atomic E-state index is 0.243. The van der Waals surface area contributed by atoms with E-state index in [1.807, 2.05) is 47.8 Å². The van der Waals surface area contributed by atoms with E-state index in [0.717, 1.165) is 39.0 Å². The Morgan fingerprint density at radius 3 is 2.79 bits per heavy atom. The quantitative estimate of drug-likeness (QED) is 0.545. The first-order valence-corrected chi connectivity index (χ1v) is 10.2. The van der Waals surface area contributed by atoms with E-state index in [-0.39, 0.29) is 18.2 Å². The highest BCUT2D eigenvalue weighted by Crippen LogP contribution is 2.42. The molecular formula is C22H18N2O3S. The Balaban J connectivity index is 1.43. The maximum atomic E-state index is 13.2. The number of rotatable bonds is 3. The van der Waals surface area contributed by atoms with Crippen molar-refractivity contribution in [2.45, 2.75) is 24.8 Å². The average Bonchev–Trinajstić information content (AvgIpc) is 3.28. The van der Waals surface area contributed by atoms with E-state index < -0.39 is 11.6 Å². The predicted octanol–water partition coefficient (Wildman–Crippen LogP) is 3.87. The molecule has 0 saturated carbocycles. The SMILES string of the molecule is O=C(CN1C(=O)N[C@@]2(CCCc3sccc32)C1=O)c1ccc2ccccc2c1. The zero-order valence-electron chi connectivity index (χ0n) is 15.1. The largest absolute Gasteiger partial charge is 0.325 e. The third-order valence-electron chi connectivity index (χ3n) is 5.71. The maximum absolute atomic E-state index is 13.2. The first-order valence-electron chi connectivity index (χ1n) is 9.31. The Morgan fingerprint density at radius 2 is 1.93 bits per heavy atom. The van der Waals surface area contributed by atoms with Crippen molar-refractivity contribution in [2.75, 3.05) is 6.54 Å². The lowest BCUT2D eigenvalue weighted by Crippen LogP contribution is -2.46. The number of Topliss-reactive ketones (excluding diaryl/α,β-unsaturated/α-hetero) is 1. The number of hydrogen-bond acceptors (Lipinski definition) is 4. The van der Waals surface area contributed by atoms with Crippen LogP contribution in [0.15, 0.2) is 53.9 Å². The number of carbonyl (C=O) groups is 3. The van der Waals surface area contributed by atoms with E-state index in [0.29, 0.717) is 12.0 Å². The molecule has 0 unspecified atom stereocenters. The summed E-state index contributed by atoms with van der Waals surface area (Å²) in [5.74, 6) is -0.557. The Kier molecular flexibility index (Phi) is 3.84. The number of aryl methyl sites for hydroxylation is 1. The lowest BCUT2D eigenvalue weighted by Gasteiger charge is -2.31. The molecule has 2 aromatic carbocycles. The van der Waals surface area contributed by atoms with Gasteiger partial charge in [0.2, 0.25) is 0 Å². The zero-order chi connectivity index (χ0) is 19.3. The summed E-state index contributed by atoms with van der Waals surface area (Å²) >= 11 is 1.61. The van der Waals surface area contributed by atoms with E-state index in [9.17, 15) is 14.4 Å². The molecule has 1 saturated heterocycles. The molecule has 0 radical (unpaired) electrons. The third kappa shape index (κ3) is 2.48. The molecule has 2 aliphatic rings. The van der Waals surface area contributed by atoms with Crippen LogP contribution in [0.1, 0.15) is 33.6 Å². The van der Waals surface area contributed by atoms with Crippen LogP contribution >= 0.6 is 11.3 Å². The molecule has 2 heterocycles. The molecular weight excluding hydrogens is 372 g/mol. The van der Waals surface area contributed by atoms with Gasteiger partial charge in [-0.1, -0.05) is 36.4 Å². The molecule has 1 fully saturated rings. The highest BCUT2D eigenvalue weighted by Gasteiger charge is 2.54. The van der Waals surface area contributed by atoms with Crippen LogP contribution in [0.3, 0.4) is 0 Å². The number of benzene rings is 2. The van der Waals surface area contributed by atoms with Crippen LogP contribution in [0.5, 0.6) is 0 Å². The summed E-state index contributed by atoms with van der Waals surface area (Å²) in [6.45, 7) is -0.246. The van der Waals surface area contributed by atoms with Crippen molar-refractivity contribution in [2.24, 2.45) is 0 Å². The van der Waals surface area contributed by atoms with Gasteiger partial charge in [0.1, 0.15) is 5.54 Å². The Hall–Kier alpha value is -2.99. The fourth-order valence-corrected chi connectivity index (χ4v) is 5.28. The van der Waals surface area contributed by atoms with E-state index in [2.05, 4.69) is 5.32 Å². The summed E-state index contributed by atoms with van der Waals surface area (Å²) < 4.78 is 0. The predicted molar refractivity (Wildman–Crippen MR) is 107 cm³/mol. The number of ketones is 1. The second kappa shape index (κ2) is 6.27. The maximum Gasteiger partial charge on any atom is 0.325 e. The van der Waals surface area contributed by atoms with Gasteiger partial charge < -0.3 is 5.32 Å². The van der Waals surface area contributed by atoms with Gasteiger partial charge >= 0.3 is 6.03 Å². The van der Waals surface area contributed by atoms with Crippen molar-refractivity contribution in [3.63, 3.8) is 0 Å². The Labute approximate surface area is 166 Å². The van der Waals surface area contributed by atoms with E-state index in [1.54, 1.807) is 17.4 Å². The fourth-order valence-electron chi connectivity index (χ4n) is 4.28. The first kappa shape index (κ1) is 17.1. The number of carbonyl (C=O) groups excluding carboxylic acids is 3. The number of thiophene rings is 1. The summed E-state index contributed by atoms with van der Waals surface area (Å²) in [5, 5.41) is 6.85. The molecule has 5 nitrogen and oxygen atoms in total. The molecule has 1 N–H and O–H groups in total. The van der Waals surface area contributed by atoms with Gasteiger partial charge in [-0.25, -0.2) is 4.79 Å². The number of fused-ring (bicyclic) bond motifs is 3. The number of urea groups is 1.